The van der Waals surface area contributed by atoms with Crippen LogP contribution in [0.2, 0.25) is 0 Å². The third-order valence-electron chi connectivity index (χ3n) is 2.36. The van der Waals surface area contributed by atoms with Crippen molar-refractivity contribution in [1.29, 1.82) is 0 Å². The van der Waals surface area contributed by atoms with Crippen LogP contribution in [-0.4, -0.2) is 51.1 Å². The number of rotatable bonds is 7. The summed E-state index contributed by atoms with van der Waals surface area (Å²) >= 11 is 0. The van der Waals surface area contributed by atoms with Crippen molar-refractivity contribution in [2.45, 2.75) is 0 Å². The van der Waals surface area contributed by atoms with Gasteiger partial charge in [-0.25, -0.2) is 8.42 Å². The van der Waals surface area contributed by atoms with Gasteiger partial charge >= 0.3 is 5.97 Å². The average Bonchev–Trinajstić information content (AvgIpc) is 2.35. The molecule has 0 saturated carbocycles. The Kier molecular flexibility index (Phi) is 5.53. The second kappa shape index (κ2) is 6.93. The monoisotopic (exact) mass is 317 g/mol. The molecule has 0 fully saturated rings. The summed E-state index contributed by atoms with van der Waals surface area (Å²) in [5.41, 5.74) is 0.308. The number of benzene rings is 1. The highest BCUT2D eigenvalue weighted by molar-refractivity contribution is 7.92. The van der Waals surface area contributed by atoms with Gasteiger partial charge in [0.2, 0.25) is 5.91 Å². The molecule has 1 aromatic carbocycles. The minimum absolute atomic E-state index is 0.308. The Morgan fingerprint density at radius 2 is 1.76 bits per heavy atom. The number of hydrogen-bond donors (Lipinski definition) is 2. The van der Waals surface area contributed by atoms with E-state index in [4.69, 9.17) is 14.6 Å². The molecule has 8 nitrogen and oxygen atoms in total. The van der Waals surface area contributed by atoms with E-state index in [1.54, 1.807) is 6.07 Å². The lowest BCUT2D eigenvalue weighted by molar-refractivity contribution is -0.134. The molecule has 21 heavy (non-hydrogen) atoms. The maximum Gasteiger partial charge on any atom is 0.318 e. The summed E-state index contributed by atoms with van der Waals surface area (Å²) in [6.07, 6.45) is 0. The van der Waals surface area contributed by atoms with Crippen LogP contribution in [0, 0.1) is 0 Å². The smallest absolute Gasteiger partial charge is 0.318 e. The first-order valence-corrected chi connectivity index (χ1v) is 7.53. The van der Waals surface area contributed by atoms with Gasteiger partial charge in [0.05, 0.1) is 14.2 Å². The first-order valence-electron chi connectivity index (χ1n) is 5.71. The Balaban J connectivity index is 2.78. The Labute approximate surface area is 121 Å². The molecule has 1 aromatic rings. The van der Waals surface area contributed by atoms with Crippen LogP contribution in [0.3, 0.4) is 0 Å². The fourth-order valence-corrected chi connectivity index (χ4v) is 2.50. The van der Waals surface area contributed by atoms with E-state index in [0.29, 0.717) is 17.2 Å². The first-order chi connectivity index (χ1) is 9.77. The zero-order valence-electron chi connectivity index (χ0n) is 11.5. The van der Waals surface area contributed by atoms with Crippen LogP contribution in [0.1, 0.15) is 0 Å². The van der Waals surface area contributed by atoms with Gasteiger partial charge in [0.1, 0.15) is 11.5 Å². The van der Waals surface area contributed by atoms with Crippen LogP contribution >= 0.6 is 0 Å². The molecule has 116 valence electrons. The lowest BCUT2D eigenvalue weighted by Gasteiger charge is -2.10. The molecule has 9 heteroatoms. The Hall–Kier alpha value is -2.29. The van der Waals surface area contributed by atoms with E-state index in [1.807, 2.05) is 0 Å². The molecule has 0 atom stereocenters. The summed E-state index contributed by atoms with van der Waals surface area (Å²) in [4.78, 5) is 22.0. The zero-order valence-corrected chi connectivity index (χ0v) is 12.3. The molecule has 1 amide bonds. The number of hydrogen-bond acceptors (Lipinski definition) is 6. The molecule has 0 unspecified atom stereocenters. The third-order valence-corrected chi connectivity index (χ3v) is 3.75. The van der Waals surface area contributed by atoms with Crippen molar-refractivity contribution in [3.63, 3.8) is 0 Å². The predicted octanol–water partition coefficient (Wildman–Crippen LogP) is 0.142. The minimum atomic E-state index is -4.00. The molecule has 0 spiro atoms. The molecular weight excluding hydrogens is 302 g/mol. The van der Waals surface area contributed by atoms with Crippen molar-refractivity contribution in [2.75, 3.05) is 31.0 Å². The van der Waals surface area contributed by atoms with Gasteiger partial charge in [0, 0.05) is 11.8 Å². The number of anilines is 1. The Morgan fingerprint density at radius 1 is 1.14 bits per heavy atom. The van der Waals surface area contributed by atoms with Crippen LogP contribution in [-0.2, 0) is 19.4 Å². The number of carboxylic acids is 1. The third kappa shape index (κ3) is 5.30. The summed E-state index contributed by atoms with van der Waals surface area (Å²) < 4.78 is 32.8. The molecular formula is C12H15NO7S. The van der Waals surface area contributed by atoms with Gasteiger partial charge in [-0.15, -0.1) is 0 Å². The number of methoxy groups -OCH3 is 2. The van der Waals surface area contributed by atoms with Crippen LogP contribution < -0.4 is 14.8 Å². The molecule has 0 saturated heterocycles. The van der Waals surface area contributed by atoms with E-state index in [1.165, 1.54) is 26.4 Å². The summed E-state index contributed by atoms with van der Waals surface area (Å²) in [6, 6.07) is 4.50. The van der Waals surface area contributed by atoms with E-state index in [2.05, 4.69) is 5.32 Å². The van der Waals surface area contributed by atoms with Crippen molar-refractivity contribution >= 4 is 27.4 Å². The molecule has 0 aromatic heterocycles. The lowest BCUT2D eigenvalue weighted by Crippen LogP contribution is -2.27. The van der Waals surface area contributed by atoms with E-state index >= 15 is 0 Å². The molecule has 0 aliphatic rings. The van der Waals surface area contributed by atoms with Gasteiger partial charge in [0.15, 0.2) is 21.3 Å². The fourth-order valence-electron chi connectivity index (χ4n) is 1.55. The summed E-state index contributed by atoms with van der Waals surface area (Å²) in [6.45, 7) is 0. The highest BCUT2D eigenvalue weighted by Gasteiger charge is 2.20. The molecule has 1 rings (SSSR count). The Morgan fingerprint density at radius 3 is 2.29 bits per heavy atom. The molecule has 2 N–H and O–H groups in total. The van der Waals surface area contributed by atoms with E-state index in [9.17, 15) is 18.0 Å². The topological polar surface area (TPSA) is 119 Å². The minimum Gasteiger partial charge on any atom is -0.493 e. The quantitative estimate of drug-likeness (QED) is 0.734. The maximum atomic E-state index is 11.6. The molecule has 0 bridgehead atoms. The first kappa shape index (κ1) is 16.8. The number of carboxylic acid groups (broad SMARTS) is 1. The van der Waals surface area contributed by atoms with Gasteiger partial charge in [0.25, 0.3) is 0 Å². The summed E-state index contributed by atoms with van der Waals surface area (Å²) in [5.74, 6) is -3.52. The largest absolute Gasteiger partial charge is 0.493 e. The second-order valence-electron chi connectivity index (χ2n) is 4.04. The van der Waals surface area contributed by atoms with Gasteiger partial charge in [-0.2, -0.15) is 0 Å². The number of ether oxygens (including phenoxy) is 2. The fraction of sp³-hybridized carbons (Fsp3) is 0.333. The SMILES string of the molecule is COc1ccc(NC(=O)CS(=O)(=O)CC(=O)O)cc1OC. The number of nitrogens with one attached hydrogen (secondary N) is 1. The lowest BCUT2D eigenvalue weighted by atomic mass is 10.2. The van der Waals surface area contributed by atoms with Crippen LogP contribution in [0.5, 0.6) is 11.5 Å². The molecule has 0 radical (unpaired) electrons. The van der Waals surface area contributed by atoms with Gasteiger partial charge in [-0.3, -0.25) is 9.59 Å². The van der Waals surface area contributed by atoms with Crippen molar-refractivity contribution in [3.8, 4) is 11.5 Å². The maximum absolute atomic E-state index is 11.6. The average molecular weight is 317 g/mol. The van der Waals surface area contributed by atoms with E-state index in [-0.39, 0.29) is 0 Å². The number of sulfone groups is 1. The van der Waals surface area contributed by atoms with Gasteiger partial charge in [-0.1, -0.05) is 0 Å². The number of aliphatic carboxylic acids is 1. The molecule has 0 heterocycles. The van der Waals surface area contributed by atoms with Crippen LogP contribution in [0.25, 0.3) is 0 Å². The van der Waals surface area contributed by atoms with Crippen molar-refractivity contribution < 1.29 is 32.6 Å². The second-order valence-corrected chi connectivity index (χ2v) is 6.11. The van der Waals surface area contributed by atoms with Crippen molar-refractivity contribution in [2.24, 2.45) is 0 Å². The highest BCUT2D eigenvalue weighted by atomic mass is 32.2. The van der Waals surface area contributed by atoms with E-state index in [0.717, 1.165) is 0 Å². The van der Waals surface area contributed by atoms with Crippen LogP contribution in [0.15, 0.2) is 18.2 Å². The summed E-state index contributed by atoms with van der Waals surface area (Å²) in [7, 11) is -1.13. The van der Waals surface area contributed by atoms with E-state index < -0.39 is 33.2 Å². The highest BCUT2D eigenvalue weighted by Crippen LogP contribution is 2.29. The van der Waals surface area contributed by atoms with Crippen LogP contribution in [0.4, 0.5) is 5.69 Å². The summed E-state index contributed by atoms with van der Waals surface area (Å²) in [5, 5.41) is 10.8. The van der Waals surface area contributed by atoms with Gasteiger partial charge < -0.3 is 19.9 Å². The number of amides is 1. The number of carbonyl (C=O) groups is 2. The zero-order chi connectivity index (χ0) is 16.0. The number of carbonyl (C=O) groups excluding carboxylic acids is 1. The van der Waals surface area contributed by atoms with Crippen molar-refractivity contribution in [1.82, 2.24) is 0 Å². The standard InChI is InChI=1S/C12H15NO7S/c1-19-9-4-3-8(5-10(9)20-2)13-11(14)6-21(17,18)7-12(15)16/h3-5H,6-7H2,1-2H3,(H,13,14)(H,15,16). The normalized spacial score (nSPS) is 10.8. The van der Waals surface area contributed by atoms with Gasteiger partial charge in [-0.05, 0) is 12.1 Å². The predicted molar refractivity (Wildman–Crippen MR) is 74.5 cm³/mol. The molecule has 0 aliphatic heterocycles. The Bertz CT molecular complexity index is 639. The van der Waals surface area contributed by atoms with Crippen molar-refractivity contribution in [3.05, 3.63) is 18.2 Å². The molecule has 0 aliphatic carbocycles.